The van der Waals surface area contributed by atoms with Crippen molar-refractivity contribution in [1.29, 1.82) is 0 Å². The number of anilines is 1. The summed E-state index contributed by atoms with van der Waals surface area (Å²) >= 11 is 6.20. The van der Waals surface area contributed by atoms with Gasteiger partial charge in [-0.05, 0) is 19.9 Å². The van der Waals surface area contributed by atoms with Crippen LogP contribution in [0.25, 0.3) is 0 Å². The zero-order valence-electron chi connectivity index (χ0n) is 12.3. The summed E-state index contributed by atoms with van der Waals surface area (Å²) in [6.45, 7) is 7.45. The number of aryl methyl sites for hydroxylation is 1. The van der Waals surface area contributed by atoms with Gasteiger partial charge in [0, 0.05) is 44.4 Å². The number of nitro benzene ring substituents is 1. The third-order valence-corrected chi connectivity index (χ3v) is 4.00. The van der Waals surface area contributed by atoms with Crippen LogP contribution in [0.3, 0.4) is 0 Å². The Morgan fingerprint density at radius 3 is 2.52 bits per heavy atom. The van der Waals surface area contributed by atoms with E-state index in [1.165, 1.54) is 6.07 Å². The molecule has 1 aromatic rings. The van der Waals surface area contributed by atoms with E-state index in [-0.39, 0.29) is 11.8 Å². The lowest BCUT2D eigenvalue weighted by molar-refractivity contribution is -0.385. The molecule has 1 atom stereocenters. The van der Waals surface area contributed by atoms with E-state index in [4.69, 9.17) is 11.6 Å². The normalized spacial score (nSPS) is 17.8. The first-order chi connectivity index (χ1) is 9.88. The van der Waals surface area contributed by atoms with Crippen molar-refractivity contribution in [3.05, 3.63) is 32.8 Å². The summed E-state index contributed by atoms with van der Waals surface area (Å²) in [7, 11) is 0. The standard InChI is InChI=1S/C14H20ClN3O3/c1-10-7-14(12(15)8-13(10)18(20)21)17-5-3-16(4-6-17)9-11(2)19/h7-8,11,19H,3-6,9H2,1-2H3/t11-/m1/s1. The highest BCUT2D eigenvalue weighted by Crippen LogP contribution is 2.33. The molecule has 1 heterocycles. The molecule has 0 saturated carbocycles. The fourth-order valence-corrected chi connectivity index (χ4v) is 2.92. The zero-order valence-corrected chi connectivity index (χ0v) is 13.0. The molecular formula is C14H20ClN3O3. The molecule has 1 aromatic carbocycles. The molecule has 0 bridgehead atoms. The predicted octanol–water partition coefficient (Wildman–Crippen LogP) is 2.06. The van der Waals surface area contributed by atoms with Crippen LogP contribution in [0.15, 0.2) is 12.1 Å². The van der Waals surface area contributed by atoms with Crippen molar-refractivity contribution in [3.63, 3.8) is 0 Å². The summed E-state index contributed by atoms with van der Waals surface area (Å²) in [4.78, 5) is 14.8. The first kappa shape index (κ1) is 16.0. The molecule has 0 amide bonds. The minimum absolute atomic E-state index is 0.0523. The van der Waals surface area contributed by atoms with E-state index in [2.05, 4.69) is 9.80 Å². The van der Waals surface area contributed by atoms with Gasteiger partial charge in [-0.25, -0.2) is 0 Å². The van der Waals surface area contributed by atoms with Crippen molar-refractivity contribution >= 4 is 23.0 Å². The van der Waals surface area contributed by atoms with Crippen molar-refractivity contribution in [2.24, 2.45) is 0 Å². The van der Waals surface area contributed by atoms with Crippen LogP contribution in [0.2, 0.25) is 5.02 Å². The topological polar surface area (TPSA) is 69.8 Å². The summed E-state index contributed by atoms with van der Waals surface area (Å²) in [5, 5.41) is 20.7. The second-order valence-corrected chi connectivity index (χ2v) is 5.89. The summed E-state index contributed by atoms with van der Waals surface area (Å²) in [6, 6.07) is 3.21. The van der Waals surface area contributed by atoms with E-state index < -0.39 is 4.92 Å². The van der Waals surface area contributed by atoms with Gasteiger partial charge in [-0.2, -0.15) is 0 Å². The molecule has 1 N–H and O–H groups in total. The van der Waals surface area contributed by atoms with Crippen LogP contribution in [0, 0.1) is 17.0 Å². The number of hydrogen-bond donors (Lipinski definition) is 1. The Hall–Kier alpha value is -1.37. The molecule has 1 aliphatic heterocycles. The molecule has 7 heteroatoms. The Morgan fingerprint density at radius 1 is 1.38 bits per heavy atom. The molecule has 1 saturated heterocycles. The highest BCUT2D eigenvalue weighted by molar-refractivity contribution is 6.33. The Balaban J connectivity index is 2.10. The number of nitro groups is 1. The Labute approximate surface area is 129 Å². The van der Waals surface area contributed by atoms with Crippen molar-refractivity contribution < 1.29 is 10.0 Å². The van der Waals surface area contributed by atoms with Crippen molar-refractivity contribution in [3.8, 4) is 0 Å². The number of benzene rings is 1. The summed E-state index contributed by atoms with van der Waals surface area (Å²) < 4.78 is 0. The van der Waals surface area contributed by atoms with Crippen molar-refractivity contribution in [2.75, 3.05) is 37.6 Å². The van der Waals surface area contributed by atoms with E-state index in [1.54, 1.807) is 19.9 Å². The molecule has 0 aromatic heterocycles. The largest absolute Gasteiger partial charge is 0.392 e. The number of rotatable bonds is 4. The summed E-state index contributed by atoms with van der Waals surface area (Å²) in [5.41, 5.74) is 1.51. The van der Waals surface area contributed by atoms with E-state index >= 15 is 0 Å². The number of halogens is 1. The van der Waals surface area contributed by atoms with Gasteiger partial charge in [0.15, 0.2) is 0 Å². The van der Waals surface area contributed by atoms with E-state index in [9.17, 15) is 15.2 Å². The molecule has 1 fully saturated rings. The maximum atomic E-state index is 10.9. The number of aliphatic hydroxyl groups excluding tert-OH is 1. The monoisotopic (exact) mass is 313 g/mol. The quantitative estimate of drug-likeness (QED) is 0.680. The van der Waals surface area contributed by atoms with Crippen LogP contribution in [0.1, 0.15) is 12.5 Å². The molecule has 1 aliphatic rings. The van der Waals surface area contributed by atoms with Crippen LogP contribution in [0.4, 0.5) is 11.4 Å². The summed E-state index contributed by atoms with van der Waals surface area (Å²) in [5.74, 6) is 0. The second kappa shape index (κ2) is 6.60. The van der Waals surface area contributed by atoms with Gasteiger partial charge in [0.25, 0.3) is 5.69 Å². The maximum absolute atomic E-state index is 10.9. The molecule has 0 spiro atoms. The average molecular weight is 314 g/mol. The van der Waals surface area contributed by atoms with E-state index in [1.807, 2.05) is 0 Å². The molecule has 2 rings (SSSR count). The van der Waals surface area contributed by atoms with Gasteiger partial charge in [-0.3, -0.25) is 15.0 Å². The predicted molar refractivity (Wildman–Crippen MR) is 83.2 cm³/mol. The highest BCUT2D eigenvalue weighted by atomic mass is 35.5. The van der Waals surface area contributed by atoms with Gasteiger partial charge in [-0.15, -0.1) is 0 Å². The van der Waals surface area contributed by atoms with Gasteiger partial charge < -0.3 is 10.0 Å². The van der Waals surface area contributed by atoms with Gasteiger partial charge in [0.05, 0.1) is 21.7 Å². The molecular weight excluding hydrogens is 294 g/mol. The van der Waals surface area contributed by atoms with Crippen LogP contribution in [0.5, 0.6) is 0 Å². The van der Waals surface area contributed by atoms with Gasteiger partial charge in [0.2, 0.25) is 0 Å². The van der Waals surface area contributed by atoms with Crippen LogP contribution < -0.4 is 4.90 Å². The second-order valence-electron chi connectivity index (χ2n) is 5.48. The fourth-order valence-electron chi connectivity index (χ4n) is 2.64. The lowest BCUT2D eigenvalue weighted by Gasteiger charge is -2.37. The smallest absolute Gasteiger partial charge is 0.273 e. The van der Waals surface area contributed by atoms with Crippen LogP contribution >= 0.6 is 11.6 Å². The molecule has 0 radical (unpaired) electrons. The third-order valence-electron chi connectivity index (χ3n) is 3.70. The molecule has 21 heavy (non-hydrogen) atoms. The van der Waals surface area contributed by atoms with Gasteiger partial charge >= 0.3 is 0 Å². The van der Waals surface area contributed by atoms with Gasteiger partial charge in [0.1, 0.15) is 0 Å². The van der Waals surface area contributed by atoms with E-state index in [0.29, 0.717) is 17.1 Å². The lowest BCUT2D eigenvalue weighted by atomic mass is 10.1. The Morgan fingerprint density at radius 2 is 2.00 bits per heavy atom. The Bertz CT molecular complexity index is 528. The fraction of sp³-hybridized carbons (Fsp3) is 0.571. The minimum Gasteiger partial charge on any atom is -0.392 e. The van der Waals surface area contributed by atoms with Gasteiger partial charge in [-0.1, -0.05) is 11.6 Å². The first-order valence-electron chi connectivity index (χ1n) is 6.98. The van der Waals surface area contributed by atoms with Crippen molar-refractivity contribution in [1.82, 2.24) is 4.90 Å². The average Bonchev–Trinajstić information content (AvgIpc) is 2.41. The number of β-amino-alcohol motifs (C(OH)–C–C–N with tert-alkyl or cyclic N) is 1. The first-order valence-corrected chi connectivity index (χ1v) is 7.36. The molecule has 6 nitrogen and oxygen atoms in total. The SMILES string of the molecule is Cc1cc(N2CCN(C[C@@H](C)O)CC2)c(Cl)cc1[N+](=O)[O-]. The van der Waals surface area contributed by atoms with Crippen molar-refractivity contribution in [2.45, 2.75) is 20.0 Å². The maximum Gasteiger partial charge on any atom is 0.273 e. The molecule has 0 aliphatic carbocycles. The van der Waals surface area contributed by atoms with Crippen LogP contribution in [-0.4, -0.2) is 53.8 Å². The molecule has 0 unspecified atom stereocenters. The van der Waals surface area contributed by atoms with Crippen LogP contribution in [-0.2, 0) is 0 Å². The number of nitrogens with zero attached hydrogens (tertiary/aromatic N) is 3. The lowest BCUT2D eigenvalue weighted by Crippen LogP contribution is -2.48. The number of hydrogen-bond acceptors (Lipinski definition) is 5. The molecule has 116 valence electrons. The highest BCUT2D eigenvalue weighted by Gasteiger charge is 2.22. The minimum atomic E-state index is -0.411. The van der Waals surface area contributed by atoms with E-state index in [0.717, 1.165) is 31.9 Å². The zero-order chi connectivity index (χ0) is 15.6. The third kappa shape index (κ3) is 3.84. The number of piperazine rings is 1. The number of aliphatic hydroxyl groups is 1. The summed E-state index contributed by atoms with van der Waals surface area (Å²) in [6.07, 6.45) is -0.332. The Kier molecular flexibility index (Phi) is 5.03.